The van der Waals surface area contributed by atoms with Crippen LogP contribution in [0.15, 0.2) is 42.7 Å². The Bertz CT molecular complexity index is 1300. The largest absolute Gasteiger partial charge is 0.493 e. The van der Waals surface area contributed by atoms with E-state index in [2.05, 4.69) is 9.47 Å². The third kappa shape index (κ3) is 4.41. The molecule has 0 atom stereocenters. The summed E-state index contributed by atoms with van der Waals surface area (Å²) in [5, 5.41) is 0.966. The van der Waals surface area contributed by atoms with Gasteiger partial charge >= 0.3 is 0 Å². The molecular formula is C25H29N4O4P. The van der Waals surface area contributed by atoms with Crippen molar-refractivity contribution in [3.8, 4) is 11.5 Å². The lowest BCUT2D eigenvalue weighted by Crippen LogP contribution is -2.30. The zero-order chi connectivity index (χ0) is 23.7. The number of hydrogen-bond acceptors (Lipinski definition) is 7. The summed E-state index contributed by atoms with van der Waals surface area (Å²) < 4.78 is 13.3. The number of aromatic nitrogens is 3. The molecule has 0 radical (unpaired) electrons. The van der Waals surface area contributed by atoms with Crippen molar-refractivity contribution in [1.82, 2.24) is 14.5 Å². The fourth-order valence-corrected chi connectivity index (χ4v) is 5.24. The Kier molecular flexibility index (Phi) is 6.55. The Morgan fingerprint density at radius 1 is 0.941 bits per heavy atom. The number of rotatable bonds is 7. The van der Waals surface area contributed by atoms with Crippen molar-refractivity contribution < 1.29 is 19.3 Å². The van der Waals surface area contributed by atoms with Gasteiger partial charge in [0.15, 0.2) is 25.7 Å². The number of ether oxygens (including phenoxy) is 2. The van der Waals surface area contributed by atoms with Gasteiger partial charge in [-0.2, -0.15) is 0 Å². The Hall–Kier alpha value is -2.93. The zero-order valence-electron chi connectivity index (χ0n) is 19.4. The third-order valence-electron chi connectivity index (χ3n) is 6.39. The second kappa shape index (κ2) is 9.74. The minimum Gasteiger partial charge on any atom is -0.493 e. The number of hydrogen-bond donors (Lipinski definition) is 2. The quantitative estimate of drug-likeness (QED) is 0.378. The van der Waals surface area contributed by atoms with Crippen LogP contribution in [0.5, 0.6) is 11.5 Å². The molecule has 0 spiro atoms. The number of benzene rings is 2. The molecule has 0 aliphatic carbocycles. The SMILES string of the molecule is COc1cc2nc(N3CCCCC3)c3ncn(Cc4ccc(CP(O)O)cc4)c3c2cc1OC. The van der Waals surface area contributed by atoms with Crippen LogP contribution in [0.3, 0.4) is 0 Å². The summed E-state index contributed by atoms with van der Waals surface area (Å²) in [6, 6.07) is 11.9. The van der Waals surface area contributed by atoms with Crippen LogP contribution in [0.25, 0.3) is 21.9 Å². The van der Waals surface area contributed by atoms with E-state index in [1.165, 1.54) is 6.42 Å². The van der Waals surface area contributed by atoms with Crippen LogP contribution in [-0.4, -0.2) is 51.6 Å². The van der Waals surface area contributed by atoms with Gasteiger partial charge in [-0.25, -0.2) is 9.97 Å². The molecule has 9 heteroatoms. The van der Waals surface area contributed by atoms with Crippen molar-refractivity contribution in [2.24, 2.45) is 0 Å². The smallest absolute Gasteiger partial charge is 0.169 e. The predicted molar refractivity (Wildman–Crippen MR) is 135 cm³/mol. The van der Waals surface area contributed by atoms with E-state index in [9.17, 15) is 9.79 Å². The maximum Gasteiger partial charge on any atom is 0.169 e. The minimum absolute atomic E-state index is 0.279. The molecule has 8 nitrogen and oxygen atoms in total. The van der Waals surface area contributed by atoms with Crippen LogP contribution >= 0.6 is 8.38 Å². The number of piperidine rings is 1. The average molecular weight is 481 g/mol. The molecule has 2 aromatic carbocycles. The highest BCUT2D eigenvalue weighted by Gasteiger charge is 2.22. The molecule has 1 aliphatic rings. The van der Waals surface area contributed by atoms with Gasteiger partial charge in [-0.3, -0.25) is 0 Å². The maximum atomic E-state index is 9.29. The van der Waals surface area contributed by atoms with Gasteiger partial charge in [-0.15, -0.1) is 0 Å². The van der Waals surface area contributed by atoms with Crippen molar-refractivity contribution in [3.05, 3.63) is 53.9 Å². The van der Waals surface area contributed by atoms with E-state index in [4.69, 9.17) is 19.4 Å². The topological polar surface area (TPSA) is 92.9 Å². The molecule has 3 heterocycles. The summed E-state index contributed by atoms with van der Waals surface area (Å²) in [6.07, 6.45) is 5.72. The molecule has 4 aromatic rings. The van der Waals surface area contributed by atoms with E-state index in [0.29, 0.717) is 18.0 Å². The fourth-order valence-electron chi connectivity index (χ4n) is 4.70. The van der Waals surface area contributed by atoms with Crippen molar-refractivity contribution >= 4 is 36.1 Å². The Morgan fingerprint density at radius 3 is 2.29 bits per heavy atom. The van der Waals surface area contributed by atoms with Gasteiger partial charge in [0.1, 0.15) is 5.52 Å². The van der Waals surface area contributed by atoms with Crippen molar-refractivity contribution in [2.45, 2.75) is 32.0 Å². The number of fused-ring (bicyclic) bond motifs is 3. The molecule has 34 heavy (non-hydrogen) atoms. The molecule has 0 unspecified atom stereocenters. The lowest BCUT2D eigenvalue weighted by Gasteiger charge is -2.28. The van der Waals surface area contributed by atoms with Gasteiger partial charge in [-0.1, -0.05) is 24.3 Å². The first-order chi connectivity index (χ1) is 16.6. The van der Waals surface area contributed by atoms with E-state index in [-0.39, 0.29) is 6.16 Å². The molecule has 0 amide bonds. The van der Waals surface area contributed by atoms with Gasteiger partial charge in [-0.05, 0) is 36.5 Å². The van der Waals surface area contributed by atoms with Crippen molar-refractivity contribution in [3.63, 3.8) is 0 Å². The normalized spacial score (nSPS) is 14.3. The number of imidazole rings is 1. The van der Waals surface area contributed by atoms with Crippen molar-refractivity contribution in [1.29, 1.82) is 0 Å². The highest BCUT2D eigenvalue weighted by molar-refractivity contribution is 7.44. The molecule has 2 N–H and O–H groups in total. The molecule has 2 aromatic heterocycles. The van der Waals surface area contributed by atoms with E-state index in [1.54, 1.807) is 14.2 Å². The molecule has 5 rings (SSSR count). The standard InChI is InChI=1S/C25H29N4O4P/c1-32-21-12-19-20(13-22(21)33-2)27-25(28-10-4-3-5-11-28)23-24(19)29(16-26-23)14-17-6-8-18(9-7-17)15-34(30)31/h6-9,12-13,16,30-31H,3-5,10-11,14-15H2,1-2H3. The molecule has 1 aliphatic heterocycles. The van der Waals surface area contributed by atoms with Gasteiger partial charge in [0, 0.05) is 37.2 Å². The molecule has 178 valence electrons. The molecule has 0 saturated carbocycles. The van der Waals surface area contributed by atoms with Gasteiger partial charge in [0.25, 0.3) is 0 Å². The fraction of sp³-hybridized carbons (Fsp3) is 0.360. The first kappa shape index (κ1) is 22.8. The highest BCUT2D eigenvalue weighted by atomic mass is 31.2. The monoisotopic (exact) mass is 480 g/mol. The summed E-state index contributed by atoms with van der Waals surface area (Å²) in [5.74, 6) is 2.23. The Morgan fingerprint density at radius 2 is 1.62 bits per heavy atom. The second-order valence-electron chi connectivity index (χ2n) is 8.62. The maximum absolute atomic E-state index is 9.29. The lowest BCUT2D eigenvalue weighted by atomic mass is 10.1. The predicted octanol–water partition coefficient (Wildman–Crippen LogP) is 4.44. The number of anilines is 1. The minimum atomic E-state index is -1.94. The van der Waals surface area contributed by atoms with Crippen LogP contribution in [-0.2, 0) is 12.7 Å². The van der Waals surface area contributed by atoms with Crippen LogP contribution in [0.4, 0.5) is 5.82 Å². The highest BCUT2D eigenvalue weighted by Crippen LogP contribution is 2.38. The average Bonchev–Trinajstić information content (AvgIpc) is 3.28. The van der Waals surface area contributed by atoms with E-state index < -0.39 is 8.38 Å². The Labute approximate surface area is 199 Å². The van der Waals surface area contributed by atoms with E-state index in [0.717, 1.165) is 64.8 Å². The summed E-state index contributed by atoms with van der Waals surface area (Å²) in [7, 11) is 1.34. The Balaban J connectivity index is 1.64. The number of methoxy groups -OCH3 is 2. The van der Waals surface area contributed by atoms with Gasteiger partial charge in [0.2, 0.25) is 0 Å². The number of nitrogens with zero attached hydrogens (tertiary/aromatic N) is 4. The van der Waals surface area contributed by atoms with Crippen LogP contribution in [0.1, 0.15) is 30.4 Å². The third-order valence-corrected chi connectivity index (χ3v) is 7.04. The zero-order valence-corrected chi connectivity index (χ0v) is 20.3. The molecular weight excluding hydrogens is 451 g/mol. The second-order valence-corrected chi connectivity index (χ2v) is 9.68. The summed E-state index contributed by atoms with van der Waals surface area (Å²) in [5.41, 5.74) is 4.78. The van der Waals surface area contributed by atoms with Crippen LogP contribution < -0.4 is 14.4 Å². The van der Waals surface area contributed by atoms with Crippen molar-refractivity contribution in [2.75, 3.05) is 32.2 Å². The van der Waals surface area contributed by atoms with E-state index in [1.807, 2.05) is 42.7 Å². The molecule has 1 fully saturated rings. The molecule has 0 bridgehead atoms. The molecule has 1 saturated heterocycles. The first-order valence-corrected chi connectivity index (χ1v) is 12.9. The number of pyridine rings is 1. The summed E-state index contributed by atoms with van der Waals surface area (Å²) in [6.45, 7) is 2.59. The van der Waals surface area contributed by atoms with Crippen LogP contribution in [0, 0.1) is 0 Å². The van der Waals surface area contributed by atoms with Gasteiger partial charge in [0.05, 0.1) is 31.6 Å². The van der Waals surface area contributed by atoms with Crippen LogP contribution in [0.2, 0.25) is 0 Å². The lowest BCUT2D eigenvalue weighted by molar-refractivity contribution is 0.356. The first-order valence-electron chi connectivity index (χ1n) is 11.5. The summed E-state index contributed by atoms with van der Waals surface area (Å²) >= 11 is 0. The summed E-state index contributed by atoms with van der Waals surface area (Å²) in [4.78, 5) is 30.8. The van der Waals surface area contributed by atoms with E-state index >= 15 is 0 Å². The van der Waals surface area contributed by atoms with Gasteiger partial charge < -0.3 is 28.7 Å².